The molecule has 3 rings (SSSR count). The van der Waals surface area contributed by atoms with Crippen LogP contribution in [-0.2, 0) is 0 Å². The van der Waals surface area contributed by atoms with Gasteiger partial charge in [0, 0.05) is 29.3 Å². The molecule has 1 amide bonds. The van der Waals surface area contributed by atoms with Crippen molar-refractivity contribution in [1.29, 1.82) is 0 Å². The summed E-state index contributed by atoms with van der Waals surface area (Å²) in [4.78, 5) is 16.7. The Kier molecular flexibility index (Phi) is 5.93. The number of alkyl halides is 3. The number of amides is 1. The molecule has 0 fully saturated rings. The molecule has 0 aliphatic heterocycles. The highest BCUT2D eigenvalue weighted by Gasteiger charge is 2.28. The van der Waals surface area contributed by atoms with Crippen molar-refractivity contribution >= 4 is 23.4 Å². The van der Waals surface area contributed by atoms with Crippen LogP contribution in [0.2, 0.25) is 0 Å². The highest BCUT2D eigenvalue weighted by atomic mass is 32.2. The van der Waals surface area contributed by atoms with Gasteiger partial charge in [-0.15, -0.1) is 0 Å². The molecule has 0 saturated carbocycles. The highest BCUT2D eigenvalue weighted by Crippen LogP contribution is 2.22. The van der Waals surface area contributed by atoms with E-state index in [1.54, 1.807) is 24.4 Å². The number of hydrogen-bond acceptors (Lipinski definition) is 4. The number of aromatic nitrogens is 2. The van der Waals surface area contributed by atoms with Crippen molar-refractivity contribution in [2.75, 3.05) is 18.2 Å². The number of rotatable bonds is 6. The second-order valence-electron chi connectivity index (χ2n) is 5.72. The van der Waals surface area contributed by atoms with E-state index in [1.165, 1.54) is 36.0 Å². The molecule has 0 saturated heterocycles. The van der Waals surface area contributed by atoms with Crippen LogP contribution >= 0.6 is 11.8 Å². The fourth-order valence-electron chi connectivity index (χ4n) is 2.44. The summed E-state index contributed by atoms with van der Waals surface area (Å²) in [7, 11) is 0. The minimum atomic E-state index is -4.40. The maximum absolute atomic E-state index is 12.5. The fourth-order valence-corrected chi connectivity index (χ4v) is 2.97. The first kappa shape index (κ1) is 19.8. The third-order valence-corrected chi connectivity index (χ3v) is 4.36. The van der Waals surface area contributed by atoms with Gasteiger partial charge in [0.1, 0.15) is 5.75 Å². The lowest BCUT2D eigenvalue weighted by molar-refractivity contribution is -0.153. The largest absolute Gasteiger partial charge is 0.484 e. The molecule has 0 bridgehead atoms. The number of nitrogens with zero attached hydrogens (tertiary/aromatic N) is 2. The van der Waals surface area contributed by atoms with Gasteiger partial charge in [0.05, 0.1) is 0 Å². The second kappa shape index (κ2) is 8.39. The van der Waals surface area contributed by atoms with E-state index >= 15 is 0 Å². The number of ether oxygens (including phenoxy) is 1. The van der Waals surface area contributed by atoms with Gasteiger partial charge in [-0.25, -0.2) is 4.98 Å². The molecule has 146 valence electrons. The zero-order chi connectivity index (χ0) is 20.1. The number of carbonyl (C=O) groups is 1. The van der Waals surface area contributed by atoms with Gasteiger partial charge in [-0.05, 0) is 48.7 Å². The van der Waals surface area contributed by atoms with Crippen LogP contribution in [0.3, 0.4) is 0 Å². The van der Waals surface area contributed by atoms with Crippen LogP contribution in [0, 0.1) is 0 Å². The molecule has 1 aromatic heterocycles. The van der Waals surface area contributed by atoms with Crippen molar-refractivity contribution < 1.29 is 22.7 Å². The number of nitrogens with one attached hydrogen (secondary N) is 1. The third-order valence-electron chi connectivity index (χ3n) is 3.69. The summed E-state index contributed by atoms with van der Waals surface area (Å²) in [5.41, 5.74) is 1.68. The highest BCUT2D eigenvalue weighted by molar-refractivity contribution is 7.98. The lowest BCUT2D eigenvalue weighted by Crippen LogP contribution is -2.19. The third kappa shape index (κ3) is 5.07. The Hall–Kier alpha value is -2.94. The Morgan fingerprint density at radius 1 is 1.21 bits per heavy atom. The van der Waals surface area contributed by atoms with Crippen LogP contribution in [0.1, 0.15) is 10.4 Å². The molecule has 0 atom stereocenters. The summed E-state index contributed by atoms with van der Waals surface area (Å²) in [5, 5.41) is 3.51. The van der Waals surface area contributed by atoms with Crippen LogP contribution in [-0.4, -0.2) is 34.5 Å². The molecular weight excluding hydrogens is 391 g/mol. The quantitative estimate of drug-likeness (QED) is 0.597. The lowest BCUT2D eigenvalue weighted by Gasteiger charge is -2.11. The van der Waals surface area contributed by atoms with Crippen molar-refractivity contribution in [2.45, 2.75) is 11.3 Å². The predicted molar refractivity (Wildman–Crippen MR) is 101 cm³/mol. The molecule has 0 radical (unpaired) electrons. The number of hydrogen-bond donors (Lipinski definition) is 1. The SMILES string of the molecule is CSc1nccn1-c1cccc(C(=O)Nc2ccc(OCC(F)(F)F)cc2)c1. The standard InChI is InChI=1S/C19H16F3N3O2S/c1-28-18-23-9-10-25(18)15-4-2-3-13(11-15)17(26)24-14-5-7-16(8-6-14)27-12-19(20,21)22/h2-11H,12H2,1H3,(H,24,26). The first-order valence-corrected chi connectivity index (χ1v) is 9.37. The minimum absolute atomic E-state index is 0.0713. The zero-order valence-corrected chi connectivity index (χ0v) is 15.6. The van der Waals surface area contributed by atoms with Crippen molar-refractivity contribution in [3.63, 3.8) is 0 Å². The summed E-state index contributed by atoms with van der Waals surface area (Å²) < 4.78 is 43.0. The number of anilines is 1. The van der Waals surface area contributed by atoms with Crippen molar-refractivity contribution in [2.24, 2.45) is 0 Å². The molecule has 0 unspecified atom stereocenters. The number of benzene rings is 2. The Bertz CT molecular complexity index is 956. The zero-order valence-electron chi connectivity index (χ0n) is 14.7. The van der Waals surface area contributed by atoms with E-state index in [0.29, 0.717) is 11.3 Å². The van der Waals surface area contributed by atoms with Crippen molar-refractivity contribution in [3.05, 3.63) is 66.5 Å². The summed E-state index contributed by atoms with van der Waals surface area (Å²) in [6, 6.07) is 12.7. The molecule has 0 spiro atoms. The molecule has 3 aromatic rings. The van der Waals surface area contributed by atoms with Gasteiger partial charge >= 0.3 is 6.18 Å². The maximum Gasteiger partial charge on any atom is 0.422 e. The Morgan fingerprint density at radius 3 is 2.64 bits per heavy atom. The van der Waals surface area contributed by atoms with Crippen molar-refractivity contribution in [3.8, 4) is 11.4 Å². The van der Waals surface area contributed by atoms with Crippen LogP contribution in [0.15, 0.2) is 66.1 Å². The molecule has 0 aliphatic carbocycles. The molecule has 5 nitrogen and oxygen atoms in total. The molecule has 1 N–H and O–H groups in total. The Labute approximate surface area is 163 Å². The second-order valence-corrected chi connectivity index (χ2v) is 6.49. The number of halogens is 3. The molecule has 1 heterocycles. The number of imidazole rings is 1. The predicted octanol–water partition coefficient (Wildman–Crippen LogP) is 4.79. The first-order valence-electron chi connectivity index (χ1n) is 8.14. The molecular formula is C19H16F3N3O2S. The van der Waals surface area contributed by atoms with Gasteiger partial charge in [0.25, 0.3) is 5.91 Å². The maximum atomic E-state index is 12.5. The van der Waals surface area contributed by atoms with E-state index in [0.717, 1.165) is 10.8 Å². The van der Waals surface area contributed by atoms with E-state index in [1.807, 2.05) is 23.1 Å². The van der Waals surface area contributed by atoms with Gasteiger partial charge < -0.3 is 10.1 Å². The van der Waals surface area contributed by atoms with E-state index < -0.39 is 12.8 Å². The molecule has 28 heavy (non-hydrogen) atoms. The Balaban J connectivity index is 1.69. The smallest absolute Gasteiger partial charge is 0.422 e. The minimum Gasteiger partial charge on any atom is -0.484 e. The van der Waals surface area contributed by atoms with Gasteiger partial charge in [-0.3, -0.25) is 9.36 Å². The van der Waals surface area contributed by atoms with Gasteiger partial charge in [0.2, 0.25) is 0 Å². The van der Waals surface area contributed by atoms with Crippen LogP contribution in [0.25, 0.3) is 5.69 Å². The average Bonchev–Trinajstić information content (AvgIpc) is 3.16. The summed E-state index contributed by atoms with van der Waals surface area (Å²) in [5.74, 6) is -0.265. The van der Waals surface area contributed by atoms with Gasteiger partial charge in [0.15, 0.2) is 11.8 Å². The van der Waals surface area contributed by atoms with Crippen LogP contribution in [0.4, 0.5) is 18.9 Å². The van der Waals surface area contributed by atoms with Crippen LogP contribution < -0.4 is 10.1 Å². The van der Waals surface area contributed by atoms with E-state index in [-0.39, 0.29) is 11.7 Å². The monoisotopic (exact) mass is 407 g/mol. The molecule has 2 aromatic carbocycles. The van der Waals surface area contributed by atoms with E-state index in [9.17, 15) is 18.0 Å². The van der Waals surface area contributed by atoms with E-state index in [4.69, 9.17) is 0 Å². The normalized spacial score (nSPS) is 11.3. The topological polar surface area (TPSA) is 56.2 Å². The Morgan fingerprint density at radius 2 is 1.96 bits per heavy atom. The number of carbonyl (C=O) groups excluding carboxylic acids is 1. The molecule has 0 aliphatic rings. The summed E-state index contributed by atoms with van der Waals surface area (Å²) in [6.45, 7) is -1.36. The molecule has 9 heteroatoms. The van der Waals surface area contributed by atoms with Crippen LogP contribution in [0.5, 0.6) is 5.75 Å². The average molecular weight is 407 g/mol. The fraction of sp³-hybridized carbons (Fsp3) is 0.158. The van der Waals surface area contributed by atoms with Crippen molar-refractivity contribution in [1.82, 2.24) is 9.55 Å². The van der Waals surface area contributed by atoms with Gasteiger partial charge in [-0.2, -0.15) is 13.2 Å². The lowest BCUT2D eigenvalue weighted by atomic mass is 10.2. The van der Waals surface area contributed by atoms with E-state index in [2.05, 4.69) is 15.0 Å². The first-order chi connectivity index (χ1) is 13.4. The number of thioether (sulfide) groups is 1. The van der Waals surface area contributed by atoms with Gasteiger partial charge in [-0.1, -0.05) is 17.8 Å². The summed E-state index contributed by atoms with van der Waals surface area (Å²) >= 11 is 1.49. The summed E-state index contributed by atoms with van der Waals surface area (Å²) in [6.07, 6.45) is 1.00.